The summed E-state index contributed by atoms with van der Waals surface area (Å²) in [6, 6.07) is 1.50. The molecule has 6 heteroatoms. The second kappa shape index (κ2) is 5.11. The number of carboxylic acid groups (broad SMARTS) is 1. The second-order valence-corrected chi connectivity index (χ2v) is 3.02. The van der Waals surface area contributed by atoms with Crippen molar-refractivity contribution in [1.29, 1.82) is 0 Å². The van der Waals surface area contributed by atoms with Gasteiger partial charge in [0.25, 0.3) is 0 Å². The Morgan fingerprint density at radius 1 is 1.56 bits per heavy atom. The Morgan fingerprint density at radius 2 is 2.25 bits per heavy atom. The average molecular weight is 224 g/mol. The van der Waals surface area contributed by atoms with Gasteiger partial charge in [0, 0.05) is 6.20 Å². The molecule has 1 heterocycles. The lowest BCUT2D eigenvalue weighted by Crippen LogP contribution is -2.13. The number of ether oxygens (including phenoxy) is 1. The van der Waals surface area contributed by atoms with Crippen molar-refractivity contribution in [3.05, 3.63) is 23.5 Å². The molecule has 0 saturated carbocycles. The second-order valence-electron chi connectivity index (χ2n) is 3.02. The summed E-state index contributed by atoms with van der Waals surface area (Å²) >= 11 is 0. The lowest BCUT2D eigenvalue weighted by molar-refractivity contribution is -0.142. The fourth-order valence-electron chi connectivity index (χ4n) is 1.21. The molecule has 86 valence electrons. The van der Waals surface area contributed by atoms with Crippen LogP contribution in [0.5, 0.6) is 0 Å². The van der Waals surface area contributed by atoms with Crippen LogP contribution in [0.4, 0.5) is 5.69 Å². The zero-order valence-corrected chi connectivity index (χ0v) is 8.77. The quantitative estimate of drug-likeness (QED) is 0.720. The highest BCUT2D eigenvalue weighted by Crippen LogP contribution is 2.16. The summed E-state index contributed by atoms with van der Waals surface area (Å²) in [5.74, 6) is -1.67. The van der Waals surface area contributed by atoms with Gasteiger partial charge in [-0.15, -0.1) is 0 Å². The normalized spacial score (nSPS) is 9.81. The van der Waals surface area contributed by atoms with Gasteiger partial charge < -0.3 is 15.6 Å². The van der Waals surface area contributed by atoms with Crippen molar-refractivity contribution in [3.63, 3.8) is 0 Å². The first-order valence-electron chi connectivity index (χ1n) is 4.68. The van der Waals surface area contributed by atoms with Gasteiger partial charge in [-0.2, -0.15) is 0 Å². The molecule has 0 fully saturated rings. The van der Waals surface area contributed by atoms with Gasteiger partial charge in [-0.05, 0) is 18.6 Å². The molecule has 0 atom stereocenters. The molecule has 0 amide bonds. The van der Waals surface area contributed by atoms with E-state index in [-0.39, 0.29) is 24.4 Å². The van der Waals surface area contributed by atoms with Gasteiger partial charge in [0.15, 0.2) is 5.69 Å². The van der Waals surface area contributed by atoms with E-state index in [2.05, 4.69) is 4.98 Å². The number of carboxylic acids is 1. The fraction of sp³-hybridized carbons (Fsp3) is 0.300. The molecule has 0 unspecified atom stereocenters. The van der Waals surface area contributed by atoms with E-state index in [0.29, 0.717) is 5.56 Å². The predicted octanol–water partition coefficient (Wildman–Crippen LogP) is 0.468. The number of hydrogen-bond acceptors (Lipinski definition) is 5. The number of nitrogens with two attached hydrogens (primary N) is 1. The minimum absolute atomic E-state index is 0.00283. The standard InChI is InChI=1S/C10H12N2O4/c1-2-16-7(13)5-6-3-4-12-9(8(6)11)10(14)15/h3-4H,2,5,11H2,1H3,(H,14,15). The highest BCUT2D eigenvalue weighted by atomic mass is 16.5. The molecule has 1 aromatic rings. The number of pyridine rings is 1. The van der Waals surface area contributed by atoms with E-state index in [1.54, 1.807) is 6.92 Å². The van der Waals surface area contributed by atoms with Crippen LogP contribution < -0.4 is 5.73 Å². The van der Waals surface area contributed by atoms with E-state index >= 15 is 0 Å². The van der Waals surface area contributed by atoms with Gasteiger partial charge in [-0.25, -0.2) is 9.78 Å². The molecular weight excluding hydrogens is 212 g/mol. The topological polar surface area (TPSA) is 103 Å². The largest absolute Gasteiger partial charge is 0.476 e. The van der Waals surface area contributed by atoms with E-state index < -0.39 is 11.9 Å². The van der Waals surface area contributed by atoms with Gasteiger partial charge in [-0.3, -0.25) is 4.79 Å². The monoisotopic (exact) mass is 224 g/mol. The predicted molar refractivity (Wildman–Crippen MR) is 55.9 cm³/mol. The Bertz CT molecular complexity index is 417. The first-order valence-corrected chi connectivity index (χ1v) is 4.68. The maximum absolute atomic E-state index is 11.2. The van der Waals surface area contributed by atoms with Gasteiger partial charge >= 0.3 is 11.9 Å². The van der Waals surface area contributed by atoms with Crippen LogP contribution in [-0.4, -0.2) is 28.6 Å². The number of rotatable bonds is 4. The molecule has 1 rings (SSSR count). The molecule has 0 aliphatic carbocycles. The summed E-state index contributed by atoms with van der Waals surface area (Å²) in [6.45, 7) is 1.96. The van der Waals surface area contributed by atoms with E-state index in [4.69, 9.17) is 15.6 Å². The SMILES string of the molecule is CCOC(=O)Cc1ccnc(C(=O)O)c1N. The summed E-state index contributed by atoms with van der Waals surface area (Å²) in [5, 5.41) is 8.77. The van der Waals surface area contributed by atoms with Crippen LogP contribution in [0.25, 0.3) is 0 Å². The number of carbonyl (C=O) groups excluding carboxylic acids is 1. The lowest BCUT2D eigenvalue weighted by Gasteiger charge is -2.06. The number of aromatic nitrogens is 1. The number of nitrogen functional groups attached to an aromatic ring is 1. The van der Waals surface area contributed by atoms with Crippen LogP contribution in [0, 0.1) is 0 Å². The van der Waals surface area contributed by atoms with Crippen molar-refractivity contribution < 1.29 is 19.4 Å². The van der Waals surface area contributed by atoms with Gasteiger partial charge in [0.1, 0.15) is 0 Å². The van der Waals surface area contributed by atoms with Crippen molar-refractivity contribution in [3.8, 4) is 0 Å². The third-order valence-corrected chi connectivity index (χ3v) is 1.92. The Kier molecular flexibility index (Phi) is 3.82. The summed E-state index contributed by atoms with van der Waals surface area (Å²) in [4.78, 5) is 25.5. The molecule has 0 spiro atoms. The number of anilines is 1. The lowest BCUT2D eigenvalue weighted by atomic mass is 10.1. The highest BCUT2D eigenvalue weighted by Gasteiger charge is 2.15. The summed E-state index contributed by atoms with van der Waals surface area (Å²) in [7, 11) is 0. The van der Waals surface area contributed by atoms with E-state index in [1.165, 1.54) is 12.3 Å². The van der Waals surface area contributed by atoms with E-state index in [9.17, 15) is 9.59 Å². The van der Waals surface area contributed by atoms with Crippen LogP contribution in [0.2, 0.25) is 0 Å². The first kappa shape index (κ1) is 12.0. The zero-order chi connectivity index (χ0) is 12.1. The molecular formula is C10H12N2O4. The number of esters is 1. The van der Waals surface area contributed by atoms with Gasteiger partial charge in [-0.1, -0.05) is 0 Å². The molecule has 1 aromatic heterocycles. The summed E-state index contributed by atoms with van der Waals surface area (Å²) < 4.78 is 4.74. The number of hydrogen-bond donors (Lipinski definition) is 2. The minimum Gasteiger partial charge on any atom is -0.476 e. The molecule has 0 radical (unpaired) electrons. The van der Waals surface area contributed by atoms with Gasteiger partial charge in [0.2, 0.25) is 0 Å². The maximum atomic E-state index is 11.2. The Hall–Kier alpha value is -2.11. The van der Waals surface area contributed by atoms with Crippen LogP contribution in [0.1, 0.15) is 23.0 Å². The van der Waals surface area contributed by atoms with Crippen molar-refractivity contribution in [2.45, 2.75) is 13.3 Å². The summed E-state index contributed by atoms with van der Waals surface area (Å²) in [6.07, 6.45) is 1.25. The zero-order valence-electron chi connectivity index (χ0n) is 8.77. The van der Waals surface area contributed by atoms with Crippen LogP contribution in [0.3, 0.4) is 0 Å². The molecule has 16 heavy (non-hydrogen) atoms. The van der Waals surface area contributed by atoms with Crippen LogP contribution in [-0.2, 0) is 16.0 Å². The van der Waals surface area contributed by atoms with E-state index in [0.717, 1.165) is 0 Å². The van der Waals surface area contributed by atoms with E-state index in [1.807, 2.05) is 0 Å². The highest BCUT2D eigenvalue weighted by molar-refractivity contribution is 5.92. The Morgan fingerprint density at radius 3 is 2.81 bits per heavy atom. The van der Waals surface area contributed by atoms with Gasteiger partial charge in [0.05, 0.1) is 18.7 Å². The molecule has 0 saturated heterocycles. The van der Waals surface area contributed by atoms with Crippen molar-refractivity contribution in [2.75, 3.05) is 12.3 Å². The van der Waals surface area contributed by atoms with Crippen molar-refractivity contribution in [2.24, 2.45) is 0 Å². The van der Waals surface area contributed by atoms with Crippen LogP contribution >= 0.6 is 0 Å². The fourth-order valence-corrected chi connectivity index (χ4v) is 1.21. The third-order valence-electron chi connectivity index (χ3n) is 1.92. The van der Waals surface area contributed by atoms with Crippen molar-refractivity contribution >= 4 is 17.6 Å². The molecule has 0 aliphatic heterocycles. The molecule has 0 bridgehead atoms. The number of aromatic carboxylic acids is 1. The summed E-state index contributed by atoms with van der Waals surface area (Å²) in [5.41, 5.74) is 5.74. The maximum Gasteiger partial charge on any atom is 0.356 e. The molecule has 0 aliphatic rings. The average Bonchev–Trinajstić information content (AvgIpc) is 2.21. The first-order chi connectivity index (χ1) is 7.56. The Balaban J connectivity index is 2.93. The Labute approximate surface area is 92.0 Å². The minimum atomic E-state index is -1.22. The smallest absolute Gasteiger partial charge is 0.356 e. The van der Waals surface area contributed by atoms with Crippen molar-refractivity contribution in [1.82, 2.24) is 4.98 Å². The van der Waals surface area contributed by atoms with Crippen LogP contribution in [0.15, 0.2) is 12.3 Å². The molecule has 6 nitrogen and oxygen atoms in total. The molecule has 0 aromatic carbocycles. The number of carbonyl (C=O) groups is 2. The number of nitrogens with zero attached hydrogens (tertiary/aromatic N) is 1. The third kappa shape index (κ3) is 2.69. The molecule has 3 N–H and O–H groups in total.